The maximum absolute atomic E-state index is 11.9. The fourth-order valence-electron chi connectivity index (χ4n) is 2.55. The molecule has 0 saturated heterocycles. The molecular weight excluding hydrogens is 226 g/mol. The van der Waals surface area contributed by atoms with Gasteiger partial charge in [-0.15, -0.1) is 0 Å². The molecule has 1 aromatic rings. The van der Waals surface area contributed by atoms with Crippen molar-refractivity contribution in [3.8, 4) is 0 Å². The lowest BCUT2D eigenvalue weighted by Gasteiger charge is -2.28. The van der Waals surface area contributed by atoms with Crippen molar-refractivity contribution >= 4 is 11.6 Å². The van der Waals surface area contributed by atoms with Gasteiger partial charge in [-0.3, -0.25) is 4.79 Å². The van der Waals surface area contributed by atoms with Crippen LogP contribution in [0.1, 0.15) is 43.1 Å². The van der Waals surface area contributed by atoms with Crippen LogP contribution in [0.5, 0.6) is 0 Å². The number of hydrogen-bond acceptors (Lipinski definition) is 3. The second-order valence-corrected chi connectivity index (χ2v) is 5.21. The number of carbonyl (C=O) groups is 1. The number of aromatic nitrogens is 1. The van der Waals surface area contributed by atoms with E-state index >= 15 is 0 Å². The summed E-state index contributed by atoms with van der Waals surface area (Å²) in [6.45, 7) is 3.03. The van der Waals surface area contributed by atoms with Gasteiger partial charge in [-0.25, -0.2) is 4.98 Å². The van der Waals surface area contributed by atoms with E-state index in [4.69, 9.17) is 5.73 Å². The first-order valence-electron chi connectivity index (χ1n) is 6.66. The molecule has 98 valence electrons. The van der Waals surface area contributed by atoms with Gasteiger partial charge in [-0.05, 0) is 30.4 Å². The van der Waals surface area contributed by atoms with E-state index in [9.17, 15) is 4.79 Å². The van der Waals surface area contributed by atoms with Gasteiger partial charge < -0.3 is 11.1 Å². The first-order chi connectivity index (χ1) is 8.66. The Morgan fingerprint density at radius 1 is 1.44 bits per heavy atom. The lowest BCUT2D eigenvalue weighted by molar-refractivity contribution is 0.0931. The summed E-state index contributed by atoms with van der Waals surface area (Å²) < 4.78 is 0. The smallest absolute Gasteiger partial charge is 0.269 e. The summed E-state index contributed by atoms with van der Waals surface area (Å²) in [5, 5.41) is 2.98. The first kappa shape index (κ1) is 12.9. The zero-order valence-corrected chi connectivity index (χ0v) is 10.9. The molecule has 1 aromatic heterocycles. The second-order valence-electron chi connectivity index (χ2n) is 5.21. The fourth-order valence-corrected chi connectivity index (χ4v) is 2.55. The molecule has 1 aliphatic rings. The maximum atomic E-state index is 11.9. The molecule has 0 bridgehead atoms. The zero-order chi connectivity index (χ0) is 13.0. The Labute approximate surface area is 108 Å². The van der Waals surface area contributed by atoms with Crippen LogP contribution >= 0.6 is 0 Å². The summed E-state index contributed by atoms with van der Waals surface area (Å²) in [7, 11) is 0. The number of amides is 1. The van der Waals surface area contributed by atoms with E-state index in [1.807, 2.05) is 0 Å². The van der Waals surface area contributed by atoms with E-state index in [0.29, 0.717) is 23.2 Å². The van der Waals surface area contributed by atoms with Crippen LogP contribution < -0.4 is 11.1 Å². The molecule has 1 amide bonds. The number of nitrogen functional groups attached to an aromatic ring is 1. The minimum absolute atomic E-state index is 0.104. The van der Waals surface area contributed by atoms with Crippen molar-refractivity contribution in [3.05, 3.63) is 24.0 Å². The number of hydrogen-bond donors (Lipinski definition) is 2. The molecule has 2 atom stereocenters. The number of pyridine rings is 1. The Morgan fingerprint density at radius 2 is 2.22 bits per heavy atom. The zero-order valence-electron chi connectivity index (χ0n) is 10.9. The van der Waals surface area contributed by atoms with Gasteiger partial charge in [0, 0.05) is 6.54 Å². The van der Waals surface area contributed by atoms with Crippen LogP contribution in [-0.2, 0) is 0 Å². The van der Waals surface area contributed by atoms with Crippen LogP contribution in [-0.4, -0.2) is 17.4 Å². The Kier molecular flexibility index (Phi) is 4.18. The molecule has 0 aromatic carbocycles. The molecule has 3 N–H and O–H groups in total. The fraction of sp³-hybridized carbons (Fsp3) is 0.571. The Hall–Kier alpha value is -1.58. The molecule has 0 aliphatic heterocycles. The number of nitrogens with zero attached hydrogens (tertiary/aromatic N) is 1. The third-order valence-corrected chi connectivity index (χ3v) is 3.83. The molecule has 4 nitrogen and oxygen atoms in total. The van der Waals surface area contributed by atoms with Crippen molar-refractivity contribution in [1.29, 1.82) is 0 Å². The van der Waals surface area contributed by atoms with Gasteiger partial charge >= 0.3 is 0 Å². The van der Waals surface area contributed by atoms with Crippen LogP contribution in [0.2, 0.25) is 0 Å². The Balaban J connectivity index is 1.86. The van der Waals surface area contributed by atoms with Gasteiger partial charge in [0.05, 0.1) is 11.9 Å². The van der Waals surface area contributed by atoms with Gasteiger partial charge in [0.15, 0.2) is 0 Å². The molecule has 0 radical (unpaired) electrons. The number of rotatable bonds is 3. The van der Waals surface area contributed by atoms with E-state index in [0.717, 1.165) is 6.54 Å². The van der Waals surface area contributed by atoms with Gasteiger partial charge in [-0.2, -0.15) is 0 Å². The lowest BCUT2D eigenvalue weighted by atomic mass is 9.80. The quantitative estimate of drug-likeness (QED) is 0.860. The molecular formula is C14H21N3O. The van der Waals surface area contributed by atoms with Crippen LogP contribution in [0.15, 0.2) is 18.3 Å². The maximum Gasteiger partial charge on any atom is 0.269 e. The molecule has 1 heterocycles. The summed E-state index contributed by atoms with van der Waals surface area (Å²) in [6.07, 6.45) is 6.62. The highest BCUT2D eigenvalue weighted by Crippen LogP contribution is 2.28. The van der Waals surface area contributed by atoms with E-state index in [1.54, 1.807) is 12.1 Å². The lowest BCUT2D eigenvalue weighted by Crippen LogP contribution is -2.33. The van der Waals surface area contributed by atoms with Crippen molar-refractivity contribution in [2.75, 3.05) is 12.3 Å². The van der Waals surface area contributed by atoms with Crippen molar-refractivity contribution in [2.24, 2.45) is 11.8 Å². The summed E-state index contributed by atoms with van der Waals surface area (Å²) >= 11 is 0. The highest BCUT2D eigenvalue weighted by molar-refractivity contribution is 5.92. The predicted molar refractivity (Wildman–Crippen MR) is 72.1 cm³/mol. The summed E-state index contributed by atoms with van der Waals surface area (Å²) in [6, 6.07) is 3.36. The number of anilines is 1. The normalized spacial score (nSPS) is 23.6. The van der Waals surface area contributed by atoms with Crippen molar-refractivity contribution in [2.45, 2.75) is 32.6 Å². The van der Waals surface area contributed by atoms with Crippen LogP contribution in [0, 0.1) is 11.8 Å². The Bertz CT molecular complexity index is 402. The SMILES string of the molecule is CC1CCCCC1CNC(=O)c1ccc(N)cn1. The van der Waals surface area contributed by atoms with Crippen LogP contribution in [0.25, 0.3) is 0 Å². The molecule has 18 heavy (non-hydrogen) atoms. The summed E-state index contributed by atoms with van der Waals surface area (Å²) in [4.78, 5) is 15.9. The monoisotopic (exact) mass is 247 g/mol. The third kappa shape index (κ3) is 3.22. The average molecular weight is 247 g/mol. The van der Waals surface area contributed by atoms with Gasteiger partial charge in [0.25, 0.3) is 5.91 Å². The first-order valence-corrected chi connectivity index (χ1v) is 6.66. The van der Waals surface area contributed by atoms with E-state index in [1.165, 1.54) is 31.9 Å². The highest BCUT2D eigenvalue weighted by Gasteiger charge is 2.21. The largest absolute Gasteiger partial charge is 0.397 e. The molecule has 1 saturated carbocycles. The van der Waals surface area contributed by atoms with Gasteiger partial charge in [0.2, 0.25) is 0 Å². The number of carbonyl (C=O) groups excluding carboxylic acids is 1. The molecule has 1 aliphatic carbocycles. The summed E-state index contributed by atoms with van der Waals surface area (Å²) in [5.41, 5.74) is 6.56. The molecule has 2 unspecified atom stereocenters. The third-order valence-electron chi connectivity index (χ3n) is 3.83. The predicted octanol–water partition coefficient (Wildman–Crippen LogP) is 2.22. The van der Waals surface area contributed by atoms with Crippen molar-refractivity contribution in [1.82, 2.24) is 10.3 Å². The van der Waals surface area contributed by atoms with Crippen molar-refractivity contribution in [3.63, 3.8) is 0 Å². The molecule has 4 heteroatoms. The molecule has 1 fully saturated rings. The van der Waals surface area contributed by atoms with Gasteiger partial charge in [-0.1, -0.05) is 26.2 Å². The second kappa shape index (κ2) is 5.85. The average Bonchev–Trinajstić information content (AvgIpc) is 2.38. The highest BCUT2D eigenvalue weighted by atomic mass is 16.1. The minimum Gasteiger partial charge on any atom is -0.397 e. The Morgan fingerprint density at radius 3 is 2.89 bits per heavy atom. The van der Waals surface area contributed by atoms with Crippen LogP contribution in [0.3, 0.4) is 0 Å². The molecule has 0 spiro atoms. The van der Waals surface area contributed by atoms with E-state index in [-0.39, 0.29) is 5.91 Å². The molecule has 2 rings (SSSR count). The number of nitrogens with two attached hydrogens (primary N) is 1. The minimum atomic E-state index is -0.104. The standard InChI is InChI=1S/C14H21N3O/c1-10-4-2-3-5-11(10)8-17-14(18)13-7-6-12(15)9-16-13/h6-7,9-11H,2-5,8,15H2,1H3,(H,17,18). The van der Waals surface area contributed by atoms with E-state index in [2.05, 4.69) is 17.2 Å². The van der Waals surface area contributed by atoms with Crippen LogP contribution in [0.4, 0.5) is 5.69 Å². The van der Waals surface area contributed by atoms with E-state index < -0.39 is 0 Å². The number of nitrogens with one attached hydrogen (secondary N) is 1. The topological polar surface area (TPSA) is 68.0 Å². The van der Waals surface area contributed by atoms with Crippen molar-refractivity contribution < 1.29 is 4.79 Å². The summed E-state index contributed by atoms with van der Waals surface area (Å²) in [5.74, 6) is 1.21. The van der Waals surface area contributed by atoms with Gasteiger partial charge in [0.1, 0.15) is 5.69 Å².